The van der Waals surface area contributed by atoms with Gasteiger partial charge in [-0.15, -0.1) is 0 Å². The first-order chi connectivity index (χ1) is 8.74. The Hall–Kier alpha value is -0.450. The van der Waals surface area contributed by atoms with E-state index in [0.29, 0.717) is 31.5 Å². The van der Waals surface area contributed by atoms with Gasteiger partial charge in [0.25, 0.3) is 0 Å². The topological polar surface area (TPSA) is 32.8 Å². The highest BCUT2D eigenvalue weighted by atomic mass is 16.5. The van der Waals surface area contributed by atoms with E-state index in [-0.39, 0.29) is 5.92 Å². The summed E-state index contributed by atoms with van der Waals surface area (Å²) in [4.78, 5) is 16.9. The van der Waals surface area contributed by atoms with Crippen LogP contribution in [-0.4, -0.2) is 67.6 Å². The fourth-order valence-corrected chi connectivity index (χ4v) is 3.71. The lowest BCUT2D eigenvalue weighted by molar-refractivity contribution is -0.131. The van der Waals surface area contributed by atoms with Crippen molar-refractivity contribution in [2.24, 2.45) is 5.92 Å². The molecule has 0 aromatic rings. The van der Waals surface area contributed by atoms with Crippen molar-refractivity contribution in [1.82, 2.24) is 9.80 Å². The minimum absolute atomic E-state index is 0.126. The van der Waals surface area contributed by atoms with Crippen LogP contribution in [0.4, 0.5) is 0 Å². The lowest BCUT2D eigenvalue weighted by Crippen LogP contribution is -2.42. The van der Waals surface area contributed by atoms with Gasteiger partial charge < -0.3 is 9.64 Å². The molecule has 4 nitrogen and oxygen atoms in total. The number of fused-ring (bicyclic) bond motifs is 2. The summed E-state index contributed by atoms with van der Waals surface area (Å²) in [5, 5.41) is 0. The number of Topliss-reactive ketones (excluding diaryl/α,β-unsaturated/α-hetero) is 1. The van der Waals surface area contributed by atoms with E-state index in [9.17, 15) is 4.79 Å². The molecule has 3 atom stereocenters. The molecule has 0 spiro atoms. The summed E-state index contributed by atoms with van der Waals surface area (Å²) in [5.74, 6) is 0.532. The van der Waals surface area contributed by atoms with E-state index in [2.05, 4.69) is 16.8 Å². The molecular formula is C14H24N2O2. The van der Waals surface area contributed by atoms with Crippen LogP contribution in [0.15, 0.2) is 0 Å². The zero-order chi connectivity index (χ0) is 12.5. The van der Waals surface area contributed by atoms with Gasteiger partial charge in [-0.05, 0) is 32.9 Å². The van der Waals surface area contributed by atoms with Gasteiger partial charge in [-0.25, -0.2) is 0 Å². The molecule has 0 radical (unpaired) electrons. The van der Waals surface area contributed by atoms with Gasteiger partial charge in [0.1, 0.15) is 5.78 Å². The highest BCUT2D eigenvalue weighted by Gasteiger charge is 2.35. The zero-order valence-electron chi connectivity index (χ0n) is 11.3. The third-order valence-corrected chi connectivity index (χ3v) is 4.98. The number of carbonyl (C=O) groups excluding carboxylic acids is 1. The van der Waals surface area contributed by atoms with Crippen molar-refractivity contribution in [1.29, 1.82) is 0 Å². The number of likely N-dealkylation sites (N-methyl/N-ethyl adjacent to an activating group) is 1. The quantitative estimate of drug-likeness (QED) is 0.726. The van der Waals surface area contributed by atoms with Gasteiger partial charge >= 0.3 is 0 Å². The molecule has 3 unspecified atom stereocenters. The van der Waals surface area contributed by atoms with Crippen LogP contribution in [0.1, 0.15) is 25.7 Å². The monoisotopic (exact) mass is 252 g/mol. The molecule has 0 N–H and O–H groups in total. The molecule has 0 aromatic heterocycles. The lowest BCUT2D eigenvalue weighted by Gasteiger charge is -2.30. The van der Waals surface area contributed by atoms with Crippen LogP contribution in [0.2, 0.25) is 0 Å². The second-order valence-electron chi connectivity index (χ2n) is 6.09. The Kier molecular flexibility index (Phi) is 3.68. The van der Waals surface area contributed by atoms with Crippen molar-refractivity contribution in [3.05, 3.63) is 0 Å². The molecule has 0 aromatic carbocycles. The van der Waals surface area contributed by atoms with Gasteiger partial charge in [-0.1, -0.05) is 0 Å². The molecule has 3 heterocycles. The summed E-state index contributed by atoms with van der Waals surface area (Å²) in [6.45, 7) is 4.46. The highest BCUT2D eigenvalue weighted by Crippen LogP contribution is 2.29. The molecule has 3 rings (SSSR count). The summed E-state index contributed by atoms with van der Waals surface area (Å²) >= 11 is 0. The van der Waals surface area contributed by atoms with Gasteiger partial charge in [0.15, 0.2) is 0 Å². The van der Waals surface area contributed by atoms with E-state index in [1.165, 1.54) is 19.3 Å². The SMILES string of the molecule is CN1C2CCC1CN(CC1COCCC1=O)CC2. The van der Waals surface area contributed by atoms with E-state index in [4.69, 9.17) is 4.74 Å². The van der Waals surface area contributed by atoms with Crippen LogP contribution in [0.25, 0.3) is 0 Å². The number of rotatable bonds is 2. The second-order valence-corrected chi connectivity index (χ2v) is 6.09. The molecule has 3 saturated heterocycles. The number of ether oxygens (including phenoxy) is 1. The minimum atomic E-state index is 0.126. The fourth-order valence-electron chi connectivity index (χ4n) is 3.71. The number of carbonyl (C=O) groups is 1. The minimum Gasteiger partial charge on any atom is -0.380 e. The normalized spacial score (nSPS) is 38.9. The first-order valence-corrected chi connectivity index (χ1v) is 7.29. The van der Waals surface area contributed by atoms with Crippen molar-refractivity contribution >= 4 is 5.78 Å². The summed E-state index contributed by atoms with van der Waals surface area (Å²) in [5.41, 5.74) is 0. The Balaban J connectivity index is 1.58. The van der Waals surface area contributed by atoms with E-state index >= 15 is 0 Å². The predicted molar refractivity (Wildman–Crippen MR) is 69.6 cm³/mol. The molecule has 0 amide bonds. The van der Waals surface area contributed by atoms with Gasteiger partial charge in [-0.3, -0.25) is 9.69 Å². The maximum absolute atomic E-state index is 11.9. The van der Waals surface area contributed by atoms with Crippen molar-refractivity contribution in [2.45, 2.75) is 37.8 Å². The molecule has 0 aliphatic carbocycles. The number of hydrogen-bond acceptors (Lipinski definition) is 4. The first kappa shape index (κ1) is 12.6. The zero-order valence-corrected chi connectivity index (χ0v) is 11.3. The largest absolute Gasteiger partial charge is 0.380 e. The maximum Gasteiger partial charge on any atom is 0.141 e. The van der Waals surface area contributed by atoms with Gasteiger partial charge in [0.2, 0.25) is 0 Å². The first-order valence-electron chi connectivity index (χ1n) is 7.29. The summed E-state index contributed by atoms with van der Waals surface area (Å²) in [7, 11) is 2.26. The third-order valence-electron chi connectivity index (χ3n) is 4.98. The molecule has 3 fully saturated rings. The van der Waals surface area contributed by atoms with Crippen LogP contribution in [0.3, 0.4) is 0 Å². The molecule has 0 saturated carbocycles. The van der Waals surface area contributed by atoms with Crippen molar-refractivity contribution < 1.29 is 9.53 Å². The lowest BCUT2D eigenvalue weighted by atomic mass is 9.99. The molecule has 4 heteroatoms. The molecular weight excluding hydrogens is 228 g/mol. The van der Waals surface area contributed by atoms with Crippen LogP contribution in [0.5, 0.6) is 0 Å². The third kappa shape index (κ3) is 2.46. The Morgan fingerprint density at radius 3 is 2.94 bits per heavy atom. The van der Waals surface area contributed by atoms with Gasteiger partial charge in [-0.2, -0.15) is 0 Å². The second kappa shape index (κ2) is 5.27. The van der Waals surface area contributed by atoms with Gasteiger partial charge in [0.05, 0.1) is 19.1 Å². The summed E-state index contributed by atoms with van der Waals surface area (Å²) in [6, 6.07) is 1.48. The molecule has 102 valence electrons. The maximum atomic E-state index is 11.9. The Morgan fingerprint density at radius 1 is 1.28 bits per heavy atom. The average Bonchev–Trinajstić information content (AvgIpc) is 2.60. The summed E-state index contributed by atoms with van der Waals surface area (Å²) < 4.78 is 5.45. The Morgan fingerprint density at radius 2 is 2.11 bits per heavy atom. The Labute approximate surface area is 109 Å². The predicted octanol–water partition coefficient (Wildman–Crippen LogP) is 0.760. The smallest absolute Gasteiger partial charge is 0.141 e. The number of ketones is 1. The molecule has 2 bridgehead atoms. The standard InChI is InChI=1S/C14H24N2O2/c1-15-12-2-3-13(15)9-16(6-4-12)8-11-10-18-7-5-14(11)17/h11-13H,2-10H2,1H3. The number of likely N-dealkylation sites (tertiary alicyclic amines) is 1. The molecule has 3 aliphatic heterocycles. The van der Waals surface area contributed by atoms with Crippen LogP contribution in [0, 0.1) is 5.92 Å². The van der Waals surface area contributed by atoms with Crippen molar-refractivity contribution in [3.63, 3.8) is 0 Å². The van der Waals surface area contributed by atoms with E-state index in [1.54, 1.807) is 0 Å². The number of nitrogens with zero attached hydrogens (tertiary/aromatic N) is 2. The molecule has 18 heavy (non-hydrogen) atoms. The van der Waals surface area contributed by atoms with E-state index < -0.39 is 0 Å². The number of hydrogen-bond donors (Lipinski definition) is 0. The van der Waals surface area contributed by atoms with E-state index in [0.717, 1.165) is 25.7 Å². The van der Waals surface area contributed by atoms with Crippen LogP contribution < -0.4 is 0 Å². The van der Waals surface area contributed by atoms with Crippen molar-refractivity contribution in [2.75, 3.05) is 39.9 Å². The molecule has 3 aliphatic rings. The van der Waals surface area contributed by atoms with E-state index in [1.807, 2.05) is 0 Å². The average molecular weight is 252 g/mol. The highest BCUT2D eigenvalue weighted by molar-refractivity contribution is 5.82. The summed E-state index contributed by atoms with van der Waals surface area (Å²) in [6.07, 6.45) is 4.56. The fraction of sp³-hybridized carbons (Fsp3) is 0.929. The van der Waals surface area contributed by atoms with Gasteiger partial charge in [0, 0.05) is 31.6 Å². The van der Waals surface area contributed by atoms with Crippen LogP contribution in [-0.2, 0) is 9.53 Å². The van der Waals surface area contributed by atoms with Crippen molar-refractivity contribution in [3.8, 4) is 0 Å². The van der Waals surface area contributed by atoms with Crippen LogP contribution >= 0.6 is 0 Å². The Bertz CT molecular complexity index is 321.